The molecule has 1 fully saturated rings. The molecule has 1 saturated carbocycles. The molecule has 1 aliphatic rings. The van der Waals surface area contributed by atoms with E-state index in [-0.39, 0.29) is 36.1 Å². The van der Waals surface area contributed by atoms with Crippen molar-refractivity contribution >= 4 is 29.7 Å². The number of aliphatic hydroxyl groups is 1. The molecule has 0 unspecified atom stereocenters. The zero-order chi connectivity index (χ0) is 16.4. The molecule has 0 bridgehead atoms. The smallest absolute Gasteiger partial charge is 0.223 e. The van der Waals surface area contributed by atoms with Crippen LogP contribution >= 0.6 is 23.7 Å². The van der Waals surface area contributed by atoms with Gasteiger partial charge in [0.15, 0.2) is 0 Å². The summed E-state index contributed by atoms with van der Waals surface area (Å²) < 4.78 is 12.9. The average molecular weight is 372 g/mol. The van der Waals surface area contributed by atoms with Crippen LogP contribution in [0.2, 0.25) is 0 Å². The highest BCUT2D eigenvalue weighted by Gasteiger charge is 2.34. The van der Waals surface area contributed by atoms with E-state index in [0.29, 0.717) is 19.4 Å². The largest absolute Gasteiger partial charge is 0.391 e. The Morgan fingerprint density at radius 2 is 2.08 bits per heavy atom. The van der Waals surface area contributed by atoms with Gasteiger partial charge in [-0.1, -0.05) is 0 Å². The summed E-state index contributed by atoms with van der Waals surface area (Å²) in [5, 5.41) is 15.1. The van der Waals surface area contributed by atoms with Gasteiger partial charge in [-0.2, -0.15) is 0 Å². The number of nitrogens with zero attached hydrogens (tertiary/aromatic N) is 1. The maximum Gasteiger partial charge on any atom is 0.223 e. The van der Waals surface area contributed by atoms with Crippen LogP contribution < -0.4 is 11.1 Å². The molecule has 1 aromatic heterocycles. The van der Waals surface area contributed by atoms with Gasteiger partial charge >= 0.3 is 0 Å². The fourth-order valence-electron chi connectivity index (χ4n) is 2.71. The number of amides is 1. The van der Waals surface area contributed by atoms with Crippen LogP contribution in [-0.4, -0.2) is 28.1 Å². The molecule has 1 aliphatic carbocycles. The lowest BCUT2D eigenvalue weighted by molar-refractivity contribution is -0.125. The van der Waals surface area contributed by atoms with E-state index in [2.05, 4.69) is 10.3 Å². The SMILES string of the molecule is Cl.N[C@@H]1C[C@H](C(=O)NCc2nc(-c3ccc(F)cc3)cs2)C[C@H]1O. The standard InChI is InChI=1S/C16H18FN3O2S.ClH/c17-11-3-1-9(2-4-11)13-8-23-15(20-13)7-19-16(22)10-5-12(18)14(21)6-10;/h1-4,8,10,12,14,21H,5-7,18H2,(H,19,22);1H/t10-,12+,14+;/m0./s1. The van der Waals surface area contributed by atoms with Gasteiger partial charge in [0, 0.05) is 22.9 Å². The molecular formula is C16H19ClFN3O2S. The summed E-state index contributed by atoms with van der Waals surface area (Å²) in [5.74, 6) is -0.625. The van der Waals surface area contributed by atoms with Crippen LogP contribution in [0.3, 0.4) is 0 Å². The minimum atomic E-state index is -0.601. The lowest BCUT2D eigenvalue weighted by atomic mass is 10.1. The third-order valence-corrected chi connectivity index (χ3v) is 4.90. The number of thiazole rings is 1. The minimum absolute atomic E-state index is 0. The number of rotatable bonds is 4. The topological polar surface area (TPSA) is 88.2 Å². The Morgan fingerprint density at radius 3 is 2.71 bits per heavy atom. The summed E-state index contributed by atoms with van der Waals surface area (Å²) >= 11 is 1.44. The van der Waals surface area contributed by atoms with Crippen LogP contribution in [0.25, 0.3) is 11.3 Å². The van der Waals surface area contributed by atoms with Gasteiger partial charge in [-0.3, -0.25) is 4.79 Å². The second-order valence-corrected chi connectivity index (χ2v) is 6.69. The van der Waals surface area contributed by atoms with E-state index in [1.165, 1.54) is 23.5 Å². The van der Waals surface area contributed by atoms with Crippen molar-refractivity contribution in [1.29, 1.82) is 0 Å². The Morgan fingerprint density at radius 1 is 1.38 bits per heavy atom. The number of nitrogens with two attached hydrogens (primary N) is 1. The first kappa shape index (κ1) is 18.8. The van der Waals surface area contributed by atoms with Crippen LogP contribution in [0.1, 0.15) is 17.8 Å². The van der Waals surface area contributed by atoms with E-state index in [0.717, 1.165) is 16.3 Å². The predicted octanol–water partition coefficient (Wildman–Crippen LogP) is 2.09. The predicted molar refractivity (Wildman–Crippen MR) is 93.3 cm³/mol. The monoisotopic (exact) mass is 371 g/mol. The summed E-state index contributed by atoms with van der Waals surface area (Å²) in [5.41, 5.74) is 7.32. The van der Waals surface area contributed by atoms with Gasteiger partial charge in [0.05, 0.1) is 18.3 Å². The first-order valence-corrected chi connectivity index (χ1v) is 8.32. The third kappa shape index (κ3) is 4.30. The van der Waals surface area contributed by atoms with Gasteiger partial charge in [0.1, 0.15) is 10.8 Å². The van der Waals surface area contributed by atoms with Crippen molar-refractivity contribution in [3.63, 3.8) is 0 Å². The highest BCUT2D eigenvalue weighted by Crippen LogP contribution is 2.25. The number of aliphatic hydroxyl groups excluding tert-OH is 1. The van der Waals surface area contributed by atoms with Crippen molar-refractivity contribution in [2.45, 2.75) is 31.5 Å². The van der Waals surface area contributed by atoms with Gasteiger partial charge < -0.3 is 16.2 Å². The molecule has 24 heavy (non-hydrogen) atoms. The molecule has 0 saturated heterocycles. The highest BCUT2D eigenvalue weighted by molar-refractivity contribution is 7.09. The first-order valence-electron chi connectivity index (χ1n) is 7.44. The second kappa shape index (κ2) is 8.02. The average Bonchev–Trinajstić information content (AvgIpc) is 3.13. The van der Waals surface area contributed by atoms with Crippen LogP contribution in [0.5, 0.6) is 0 Å². The highest BCUT2D eigenvalue weighted by atomic mass is 35.5. The maximum absolute atomic E-state index is 12.9. The van der Waals surface area contributed by atoms with Gasteiger partial charge in [0.2, 0.25) is 5.91 Å². The number of carbonyl (C=O) groups excluding carboxylic acids is 1. The lowest BCUT2D eigenvalue weighted by Gasteiger charge is -2.09. The number of nitrogens with one attached hydrogen (secondary N) is 1. The molecule has 8 heteroatoms. The van der Waals surface area contributed by atoms with Gasteiger partial charge in [-0.05, 0) is 37.1 Å². The van der Waals surface area contributed by atoms with Crippen molar-refractivity contribution in [1.82, 2.24) is 10.3 Å². The summed E-state index contributed by atoms with van der Waals surface area (Å²) in [4.78, 5) is 16.5. The van der Waals surface area contributed by atoms with E-state index in [9.17, 15) is 14.3 Å². The number of hydrogen-bond acceptors (Lipinski definition) is 5. The Hall–Kier alpha value is -1.54. The van der Waals surface area contributed by atoms with Crippen LogP contribution in [-0.2, 0) is 11.3 Å². The van der Waals surface area contributed by atoms with Crippen molar-refractivity contribution < 1.29 is 14.3 Å². The molecule has 0 aliphatic heterocycles. The van der Waals surface area contributed by atoms with Crippen LogP contribution in [0.4, 0.5) is 4.39 Å². The van der Waals surface area contributed by atoms with Gasteiger partial charge in [-0.25, -0.2) is 9.37 Å². The van der Waals surface area contributed by atoms with Crippen molar-refractivity contribution in [3.05, 3.63) is 40.5 Å². The van der Waals surface area contributed by atoms with Crippen molar-refractivity contribution in [2.24, 2.45) is 11.7 Å². The minimum Gasteiger partial charge on any atom is -0.391 e. The van der Waals surface area contributed by atoms with Gasteiger partial charge in [0.25, 0.3) is 0 Å². The molecule has 3 rings (SSSR count). The molecule has 0 spiro atoms. The summed E-state index contributed by atoms with van der Waals surface area (Å²) in [6, 6.07) is 5.81. The fourth-order valence-corrected chi connectivity index (χ4v) is 3.46. The molecular weight excluding hydrogens is 353 g/mol. The first-order chi connectivity index (χ1) is 11.0. The molecule has 130 valence electrons. The molecule has 4 N–H and O–H groups in total. The lowest BCUT2D eigenvalue weighted by Crippen LogP contribution is -2.30. The summed E-state index contributed by atoms with van der Waals surface area (Å²) in [6.07, 6.45) is 0.313. The number of hydrogen-bond donors (Lipinski definition) is 3. The Balaban J connectivity index is 0.00000208. The molecule has 3 atom stereocenters. The number of carbonyl (C=O) groups is 1. The summed E-state index contributed by atoms with van der Waals surface area (Å²) in [6.45, 7) is 0.340. The summed E-state index contributed by atoms with van der Waals surface area (Å²) in [7, 11) is 0. The molecule has 1 heterocycles. The van der Waals surface area contributed by atoms with E-state index >= 15 is 0 Å². The molecule has 2 aromatic rings. The fraction of sp³-hybridized carbons (Fsp3) is 0.375. The number of benzene rings is 1. The van der Waals surface area contributed by atoms with Crippen LogP contribution in [0, 0.1) is 11.7 Å². The van der Waals surface area contributed by atoms with E-state index in [1.807, 2.05) is 5.38 Å². The Bertz CT molecular complexity index is 685. The zero-order valence-electron chi connectivity index (χ0n) is 12.8. The maximum atomic E-state index is 12.9. The van der Waals surface area contributed by atoms with Crippen molar-refractivity contribution in [2.75, 3.05) is 0 Å². The molecule has 5 nitrogen and oxygen atoms in total. The zero-order valence-corrected chi connectivity index (χ0v) is 14.4. The van der Waals surface area contributed by atoms with Gasteiger partial charge in [-0.15, -0.1) is 23.7 Å². The second-order valence-electron chi connectivity index (χ2n) is 5.75. The third-order valence-electron chi connectivity index (χ3n) is 4.05. The van der Waals surface area contributed by atoms with Crippen LogP contribution in [0.15, 0.2) is 29.6 Å². The molecule has 0 radical (unpaired) electrons. The number of halogens is 2. The van der Waals surface area contributed by atoms with E-state index in [1.54, 1.807) is 12.1 Å². The Labute approximate surface area is 149 Å². The van der Waals surface area contributed by atoms with E-state index in [4.69, 9.17) is 5.73 Å². The van der Waals surface area contributed by atoms with Crippen molar-refractivity contribution in [3.8, 4) is 11.3 Å². The molecule has 1 amide bonds. The quantitative estimate of drug-likeness (QED) is 0.767. The number of aromatic nitrogens is 1. The molecule has 1 aromatic carbocycles. The Kier molecular flexibility index (Phi) is 6.28. The van der Waals surface area contributed by atoms with E-state index < -0.39 is 6.10 Å². The normalized spacial score (nSPS) is 22.9.